The number of rotatable bonds is 0. The minimum atomic E-state index is 0. The summed E-state index contributed by atoms with van der Waals surface area (Å²) in [6, 6.07) is 17.1. The van der Waals surface area contributed by atoms with Crippen molar-refractivity contribution in [2.45, 2.75) is 0 Å². The van der Waals surface area contributed by atoms with Crippen LogP contribution in [0.25, 0.3) is 0 Å². The summed E-state index contributed by atoms with van der Waals surface area (Å²) in [5, 5.41) is 0. The van der Waals surface area contributed by atoms with E-state index in [0.717, 1.165) is 0 Å². The molecule has 0 bridgehead atoms. The van der Waals surface area contributed by atoms with Gasteiger partial charge in [-0.25, -0.2) is 0 Å². The van der Waals surface area contributed by atoms with Crippen LogP contribution in [0.4, 0.5) is 0 Å². The zero-order valence-electron chi connectivity index (χ0n) is 10.3. The maximum Gasteiger partial charge on any atom is 0.0267 e. The van der Waals surface area contributed by atoms with Crippen molar-refractivity contribution in [3.05, 3.63) is 91.8 Å². The molecule has 0 aliphatic rings. The first kappa shape index (κ1) is 17.2. The Bertz CT molecular complexity index is 308. The summed E-state index contributed by atoms with van der Waals surface area (Å²) in [5.41, 5.74) is 0. The van der Waals surface area contributed by atoms with Crippen molar-refractivity contribution >= 4 is 0 Å². The van der Waals surface area contributed by atoms with Crippen molar-refractivity contribution in [2.75, 3.05) is 0 Å². The van der Waals surface area contributed by atoms with Gasteiger partial charge in [-0.15, -0.1) is 0 Å². The van der Waals surface area contributed by atoms with Crippen LogP contribution in [0.15, 0.2) is 91.8 Å². The minimum Gasteiger partial charge on any atom is -0.265 e. The summed E-state index contributed by atoms with van der Waals surface area (Å²) < 4.78 is 0. The van der Waals surface area contributed by atoms with Crippen molar-refractivity contribution in [2.24, 2.45) is 0 Å². The van der Waals surface area contributed by atoms with Gasteiger partial charge in [0.25, 0.3) is 0 Å². The van der Waals surface area contributed by atoms with Crippen LogP contribution in [-0.4, -0.2) is 15.0 Å². The quantitative estimate of drug-likeness (QED) is 0.587. The minimum absolute atomic E-state index is 0. The van der Waals surface area contributed by atoms with Crippen LogP contribution in [0.5, 0.6) is 0 Å². The third kappa shape index (κ3) is 12.4. The van der Waals surface area contributed by atoms with Crippen LogP contribution >= 0.6 is 0 Å². The molecule has 101 valence electrons. The van der Waals surface area contributed by atoms with E-state index in [1.165, 1.54) is 0 Å². The third-order valence-corrected chi connectivity index (χ3v) is 1.70. The number of nitrogens with zero attached hydrogens (tertiary/aromatic N) is 3. The van der Waals surface area contributed by atoms with Crippen molar-refractivity contribution < 1.29 is 22.4 Å². The predicted molar refractivity (Wildman–Crippen MR) is 72.7 cm³/mol. The van der Waals surface area contributed by atoms with Gasteiger partial charge < -0.3 is 0 Å². The molecule has 1 radical (unpaired) electrons. The van der Waals surface area contributed by atoms with Crippen LogP contribution in [0.2, 0.25) is 0 Å². The Kier molecular flexibility index (Phi) is 12.9. The molecule has 19 heavy (non-hydrogen) atoms. The van der Waals surface area contributed by atoms with Crippen LogP contribution in [0.3, 0.4) is 0 Å². The Morgan fingerprint density at radius 2 is 0.526 bits per heavy atom. The molecule has 0 aliphatic carbocycles. The molecule has 0 atom stereocenters. The number of hydrogen-bond acceptors (Lipinski definition) is 3. The van der Waals surface area contributed by atoms with Gasteiger partial charge in [0.15, 0.2) is 0 Å². The third-order valence-electron chi connectivity index (χ3n) is 1.70. The normalized spacial score (nSPS) is 7.58. The predicted octanol–water partition coefficient (Wildman–Crippen LogP) is 3.24. The fourth-order valence-electron chi connectivity index (χ4n) is 0.938. The average Bonchev–Trinajstić information content (AvgIpc) is 2.54. The van der Waals surface area contributed by atoms with E-state index in [2.05, 4.69) is 15.0 Å². The summed E-state index contributed by atoms with van der Waals surface area (Å²) in [7, 11) is 0. The molecule has 0 aromatic carbocycles. The maximum atomic E-state index is 3.78. The monoisotopic (exact) mass is 344 g/mol. The van der Waals surface area contributed by atoms with Crippen molar-refractivity contribution in [1.82, 2.24) is 15.0 Å². The second-order valence-corrected chi connectivity index (χ2v) is 3.07. The topological polar surface area (TPSA) is 38.7 Å². The van der Waals surface area contributed by atoms with Crippen molar-refractivity contribution in [3.8, 4) is 0 Å². The maximum absolute atomic E-state index is 3.78. The van der Waals surface area contributed by atoms with Gasteiger partial charge in [0.1, 0.15) is 0 Å². The molecule has 4 heteroatoms. The molecule has 0 amide bonds. The molecule has 0 spiro atoms. The van der Waals surface area contributed by atoms with Gasteiger partial charge in [-0.1, -0.05) is 18.2 Å². The smallest absolute Gasteiger partial charge is 0.0267 e. The first-order valence-corrected chi connectivity index (χ1v) is 5.55. The van der Waals surface area contributed by atoms with Gasteiger partial charge in [-0.2, -0.15) is 0 Å². The summed E-state index contributed by atoms with van der Waals surface area (Å²) in [4.78, 5) is 11.4. The van der Waals surface area contributed by atoms with E-state index >= 15 is 0 Å². The SMILES string of the molecule is [Ag].c1ccncc1.c1ccncc1.c1ccncc1. The van der Waals surface area contributed by atoms with Crippen molar-refractivity contribution in [3.63, 3.8) is 0 Å². The van der Waals surface area contributed by atoms with Crippen LogP contribution in [0, 0.1) is 0 Å². The van der Waals surface area contributed by atoms with Gasteiger partial charge in [0.2, 0.25) is 0 Å². The van der Waals surface area contributed by atoms with E-state index < -0.39 is 0 Å². The van der Waals surface area contributed by atoms with E-state index in [1.807, 2.05) is 54.6 Å². The van der Waals surface area contributed by atoms with Gasteiger partial charge in [-0.3, -0.25) is 15.0 Å². The van der Waals surface area contributed by atoms with Gasteiger partial charge in [-0.05, 0) is 36.4 Å². The number of pyridine rings is 3. The van der Waals surface area contributed by atoms with Gasteiger partial charge >= 0.3 is 0 Å². The zero-order chi connectivity index (χ0) is 12.7. The number of hydrogen-bond donors (Lipinski definition) is 0. The molecule has 3 heterocycles. The van der Waals surface area contributed by atoms with Crippen LogP contribution in [-0.2, 0) is 22.4 Å². The Hall–Kier alpha value is -1.81. The molecule has 0 saturated carbocycles. The fraction of sp³-hybridized carbons (Fsp3) is 0. The summed E-state index contributed by atoms with van der Waals surface area (Å²) in [5.74, 6) is 0. The summed E-state index contributed by atoms with van der Waals surface area (Å²) >= 11 is 0. The standard InChI is InChI=1S/3C5H5N.Ag/c3*1-2-4-6-5-3-1;/h3*1-5H;. The second-order valence-electron chi connectivity index (χ2n) is 3.07. The molecule has 0 N–H and O–H groups in total. The largest absolute Gasteiger partial charge is 0.265 e. The molecule has 3 rings (SSSR count). The molecule has 3 aromatic rings. The molecule has 0 aliphatic heterocycles. The van der Waals surface area contributed by atoms with E-state index in [4.69, 9.17) is 0 Å². The number of aromatic nitrogens is 3. The summed E-state index contributed by atoms with van der Waals surface area (Å²) in [6.45, 7) is 0. The van der Waals surface area contributed by atoms with Gasteiger partial charge in [0.05, 0.1) is 0 Å². The zero-order valence-corrected chi connectivity index (χ0v) is 11.8. The fourth-order valence-corrected chi connectivity index (χ4v) is 0.938. The van der Waals surface area contributed by atoms with Crippen molar-refractivity contribution in [1.29, 1.82) is 0 Å². The Morgan fingerprint density at radius 1 is 0.316 bits per heavy atom. The van der Waals surface area contributed by atoms with E-state index in [9.17, 15) is 0 Å². The first-order valence-electron chi connectivity index (χ1n) is 5.55. The Balaban J connectivity index is 0.000000249. The molecule has 0 unspecified atom stereocenters. The Labute approximate surface area is 129 Å². The van der Waals surface area contributed by atoms with Crippen LogP contribution in [0.1, 0.15) is 0 Å². The first-order chi connectivity index (χ1) is 9.00. The summed E-state index contributed by atoms with van der Waals surface area (Å²) in [6.07, 6.45) is 10.5. The molecule has 0 saturated heterocycles. The molecule has 3 nitrogen and oxygen atoms in total. The average molecular weight is 345 g/mol. The second kappa shape index (κ2) is 14.3. The van der Waals surface area contributed by atoms with Gasteiger partial charge in [0, 0.05) is 59.6 Å². The van der Waals surface area contributed by atoms with E-state index in [-0.39, 0.29) is 22.4 Å². The molecular formula is C15H15AgN3. The molecular weight excluding hydrogens is 330 g/mol. The molecule has 3 aromatic heterocycles. The van der Waals surface area contributed by atoms with Crippen LogP contribution < -0.4 is 0 Å². The van der Waals surface area contributed by atoms with E-state index in [1.54, 1.807) is 37.2 Å². The Morgan fingerprint density at radius 3 is 0.579 bits per heavy atom. The molecule has 0 fully saturated rings. The van der Waals surface area contributed by atoms with E-state index in [0.29, 0.717) is 0 Å².